The Bertz CT molecular complexity index is 524. The molecule has 1 unspecified atom stereocenters. The van der Waals surface area contributed by atoms with Crippen LogP contribution in [0.2, 0.25) is 0 Å². The Labute approximate surface area is 99.2 Å². The van der Waals surface area contributed by atoms with Crippen molar-refractivity contribution in [1.82, 2.24) is 9.55 Å². The quantitative estimate of drug-likeness (QED) is 0.888. The zero-order chi connectivity index (χ0) is 12.4. The standard InChI is InChI=1S/C12H16FN3O/c1-3-8(7-17-2)16-10-6-4-5-9(13)11(10)15-12(16)14/h4-6,8H,3,7H2,1-2H3,(H2,14,15). The fourth-order valence-electron chi connectivity index (χ4n) is 2.05. The summed E-state index contributed by atoms with van der Waals surface area (Å²) in [5.41, 5.74) is 6.89. The number of para-hydroxylation sites is 1. The Morgan fingerprint density at radius 2 is 2.29 bits per heavy atom. The maximum Gasteiger partial charge on any atom is 0.201 e. The fraction of sp³-hybridized carbons (Fsp3) is 0.417. The first-order valence-electron chi connectivity index (χ1n) is 5.59. The van der Waals surface area contributed by atoms with Crippen molar-refractivity contribution in [3.8, 4) is 0 Å². The third-order valence-electron chi connectivity index (χ3n) is 2.89. The lowest BCUT2D eigenvalue weighted by Gasteiger charge is -2.17. The molecule has 1 aromatic carbocycles. The number of nitrogens with two attached hydrogens (primary N) is 1. The lowest BCUT2D eigenvalue weighted by atomic mass is 10.2. The number of benzene rings is 1. The Morgan fingerprint density at radius 3 is 2.94 bits per heavy atom. The normalized spacial score (nSPS) is 13.1. The van der Waals surface area contributed by atoms with Gasteiger partial charge in [-0.1, -0.05) is 13.0 Å². The largest absolute Gasteiger partial charge is 0.383 e. The van der Waals surface area contributed by atoms with Crippen LogP contribution in [0.3, 0.4) is 0 Å². The minimum absolute atomic E-state index is 0.0757. The molecule has 2 aromatic rings. The molecule has 0 bridgehead atoms. The summed E-state index contributed by atoms with van der Waals surface area (Å²) in [4.78, 5) is 4.07. The second kappa shape index (κ2) is 4.71. The van der Waals surface area contributed by atoms with E-state index in [0.29, 0.717) is 23.6 Å². The highest BCUT2D eigenvalue weighted by Gasteiger charge is 2.17. The highest BCUT2D eigenvalue weighted by Crippen LogP contribution is 2.26. The summed E-state index contributed by atoms with van der Waals surface area (Å²) >= 11 is 0. The van der Waals surface area contributed by atoms with E-state index in [9.17, 15) is 4.39 Å². The van der Waals surface area contributed by atoms with Gasteiger partial charge in [0.2, 0.25) is 5.95 Å². The first-order valence-corrected chi connectivity index (χ1v) is 5.59. The SMILES string of the molecule is CCC(COC)n1c(N)nc2c(F)cccc21. The molecule has 0 aliphatic heterocycles. The van der Waals surface area contributed by atoms with Crippen LogP contribution in [-0.2, 0) is 4.74 Å². The Balaban J connectivity index is 2.59. The maximum absolute atomic E-state index is 13.6. The van der Waals surface area contributed by atoms with Crippen molar-refractivity contribution >= 4 is 17.0 Å². The number of fused-ring (bicyclic) bond motifs is 1. The molecule has 0 aliphatic rings. The summed E-state index contributed by atoms with van der Waals surface area (Å²) in [7, 11) is 1.64. The molecule has 1 atom stereocenters. The number of methoxy groups -OCH3 is 1. The zero-order valence-electron chi connectivity index (χ0n) is 9.98. The number of nitrogen functional groups attached to an aromatic ring is 1. The van der Waals surface area contributed by atoms with Gasteiger partial charge in [0.1, 0.15) is 5.52 Å². The van der Waals surface area contributed by atoms with Gasteiger partial charge < -0.3 is 15.0 Å². The number of nitrogens with zero attached hydrogens (tertiary/aromatic N) is 2. The molecule has 2 N–H and O–H groups in total. The monoisotopic (exact) mass is 237 g/mol. The van der Waals surface area contributed by atoms with E-state index in [1.165, 1.54) is 6.07 Å². The lowest BCUT2D eigenvalue weighted by molar-refractivity contribution is 0.155. The number of halogens is 1. The van der Waals surface area contributed by atoms with E-state index in [4.69, 9.17) is 10.5 Å². The molecule has 92 valence electrons. The Morgan fingerprint density at radius 1 is 1.53 bits per heavy atom. The molecular formula is C12H16FN3O. The van der Waals surface area contributed by atoms with Crippen LogP contribution < -0.4 is 5.73 Å². The molecule has 0 aliphatic carbocycles. The average molecular weight is 237 g/mol. The number of rotatable bonds is 4. The molecule has 0 radical (unpaired) electrons. The first kappa shape index (κ1) is 11.9. The van der Waals surface area contributed by atoms with E-state index >= 15 is 0 Å². The predicted molar refractivity (Wildman–Crippen MR) is 65.3 cm³/mol. The van der Waals surface area contributed by atoms with E-state index in [2.05, 4.69) is 4.98 Å². The maximum atomic E-state index is 13.6. The molecule has 0 fully saturated rings. The number of anilines is 1. The van der Waals surface area contributed by atoms with Crippen molar-refractivity contribution in [3.05, 3.63) is 24.0 Å². The third kappa shape index (κ3) is 1.98. The van der Waals surface area contributed by atoms with E-state index in [0.717, 1.165) is 6.42 Å². The van der Waals surface area contributed by atoms with E-state index < -0.39 is 0 Å². The van der Waals surface area contributed by atoms with Crippen molar-refractivity contribution in [2.75, 3.05) is 19.5 Å². The molecule has 0 spiro atoms. The van der Waals surface area contributed by atoms with Gasteiger partial charge in [0.15, 0.2) is 5.82 Å². The molecule has 5 heteroatoms. The molecule has 17 heavy (non-hydrogen) atoms. The number of ether oxygens (including phenoxy) is 1. The van der Waals surface area contributed by atoms with E-state index in [1.54, 1.807) is 13.2 Å². The Hall–Kier alpha value is -1.62. The first-order chi connectivity index (χ1) is 8.19. The van der Waals surface area contributed by atoms with Crippen LogP contribution in [0.1, 0.15) is 19.4 Å². The molecule has 4 nitrogen and oxygen atoms in total. The zero-order valence-corrected chi connectivity index (χ0v) is 9.98. The van der Waals surface area contributed by atoms with Crippen molar-refractivity contribution in [3.63, 3.8) is 0 Å². The van der Waals surface area contributed by atoms with Crippen molar-refractivity contribution in [2.24, 2.45) is 0 Å². The van der Waals surface area contributed by atoms with Crippen LogP contribution >= 0.6 is 0 Å². The second-order valence-electron chi connectivity index (χ2n) is 3.96. The third-order valence-corrected chi connectivity index (χ3v) is 2.89. The van der Waals surface area contributed by atoms with Crippen LogP contribution in [0.5, 0.6) is 0 Å². The highest BCUT2D eigenvalue weighted by atomic mass is 19.1. The van der Waals surface area contributed by atoms with Gasteiger partial charge in [-0.15, -0.1) is 0 Å². The summed E-state index contributed by atoms with van der Waals surface area (Å²) in [5, 5.41) is 0. The van der Waals surface area contributed by atoms with Gasteiger partial charge in [-0.2, -0.15) is 0 Å². The van der Waals surface area contributed by atoms with Gasteiger partial charge in [-0.25, -0.2) is 9.37 Å². The molecule has 2 rings (SSSR count). The summed E-state index contributed by atoms with van der Waals surface area (Å²) in [6.07, 6.45) is 0.847. The molecule has 1 heterocycles. The van der Waals surface area contributed by atoms with Crippen LogP contribution in [-0.4, -0.2) is 23.3 Å². The van der Waals surface area contributed by atoms with Gasteiger partial charge in [0.05, 0.1) is 18.2 Å². The van der Waals surface area contributed by atoms with Crippen molar-refractivity contribution < 1.29 is 9.13 Å². The Kier molecular flexibility index (Phi) is 3.28. The van der Waals surface area contributed by atoms with Gasteiger partial charge >= 0.3 is 0 Å². The molecule has 0 saturated heterocycles. The minimum atomic E-state index is -0.347. The molecule has 1 aromatic heterocycles. The second-order valence-corrected chi connectivity index (χ2v) is 3.96. The summed E-state index contributed by atoms with van der Waals surface area (Å²) in [6.45, 7) is 2.57. The molecule has 0 saturated carbocycles. The fourth-order valence-corrected chi connectivity index (χ4v) is 2.05. The van der Waals surface area contributed by atoms with Crippen molar-refractivity contribution in [2.45, 2.75) is 19.4 Å². The smallest absolute Gasteiger partial charge is 0.201 e. The van der Waals surface area contributed by atoms with Gasteiger partial charge in [-0.05, 0) is 18.6 Å². The van der Waals surface area contributed by atoms with Gasteiger partial charge in [0, 0.05) is 7.11 Å². The molecule has 0 amide bonds. The topological polar surface area (TPSA) is 53.1 Å². The summed E-state index contributed by atoms with van der Waals surface area (Å²) in [5.74, 6) is -0.0192. The van der Waals surface area contributed by atoms with Crippen LogP contribution in [0.4, 0.5) is 10.3 Å². The predicted octanol–water partition coefficient (Wildman–Crippen LogP) is 2.36. The van der Waals surface area contributed by atoms with E-state index in [-0.39, 0.29) is 11.9 Å². The number of hydrogen-bond acceptors (Lipinski definition) is 3. The number of hydrogen-bond donors (Lipinski definition) is 1. The van der Waals surface area contributed by atoms with Crippen LogP contribution in [0.25, 0.3) is 11.0 Å². The van der Waals surface area contributed by atoms with Gasteiger partial charge in [-0.3, -0.25) is 0 Å². The molecular weight excluding hydrogens is 221 g/mol. The minimum Gasteiger partial charge on any atom is -0.383 e. The number of aromatic nitrogens is 2. The van der Waals surface area contributed by atoms with E-state index in [1.807, 2.05) is 17.6 Å². The van der Waals surface area contributed by atoms with Gasteiger partial charge in [0.25, 0.3) is 0 Å². The highest BCUT2D eigenvalue weighted by molar-refractivity contribution is 5.79. The van der Waals surface area contributed by atoms with Crippen molar-refractivity contribution in [1.29, 1.82) is 0 Å². The summed E-state index contributed by atoms with van der Waals surface area (Å²) < 4.78 is 20.6. The lowest BCUT2D eigenvalue weighted by Crippen LogP contribution is -2.15. The number of imidazole rings is 1. The average Bonchev–Trinajstić information content (AvgIpc) is 2.64. The van der Waals surface area contributed by atoms with Crippen LogP contribution in [0, 0.1) is 5.82 Å². The van der Waals surface area contributed by atoms with Crippen LogP contribution in [0.15, 0.2) is 18.2 Å². The summed E-state index contributed by atoms with van der Waals surface area (Å²) in [6, 6.07) is 4.94.